The summed E-state index contributed by atoms with van der Waals surface area (Å²) in [4.78, 5) is 0.112. The second-order valence-electron chi connectivity index (χ2n) is 6.64. The molecule has 0 saturated carbocycles. The van der Waals surface area contributed by atoms with Gasteiger partial charge in [0.25, 0.3) is 0 Å². The molecule has 0 aliphatic rings. The van der Waals surface area contributed by atoms with E-state index in [1.807, 2.05) is 20.8 Å². The van der Waals surface area contributed by atoms with Gasteiger partial charge in [0, 0.05) is 0 Å². The van der Waals surface area contributed by atoms with Gasteiger partial charge in [0.05, 0.1) is 9.79 Å². The van der Waals surface area contributed by atoms with Gasteiger partial charge in [-0.25, -0.2) is 16.8 Å². The van der Waals surface area contributed by atoms with Crippen LogP contribution in [0.3, 0.4) is 0 Å². The monoisotopic (exact) mass is 394 g/mol. The van der Waals surface area contributed by atoms with Gasteiger partial charge in [-0.1, -0.05) is 61.6 Å². The first-order valence-electron chi connectivity index (χ1n) is 8.80. The normalized spacial score (nSPS) is 12.5. The van der Waals surface area contributed by atoms with Crippen molar-refractivity contribution in [2.45, 2.75) is 60.8 Å². The highest BCUT2D eigenvalue weighted by atomic mass is 32.3. The maximum Gasteiger partial charge on any atom is 0.195 e. The van der Waals surface area contributed by atoms with Crippen LogP contribution in [0.4, 0.5) is 0 Å². The van der Waals surface area contributed by atoms with Gasteiger partial charge in [-0.15, -0.1) is 0 Å². The molecule has 0 radical (unpaired) electrons. The van der Waals surface area contributed by atoms with Crippen molar-refractivity contribution in [2.75, 3.05) is 0 Å². The standard InChI is InChI=1S/C20H26O4S2/c1-4-5-6-7-20(25(21,22)18-12-8-16(2)9-13-18)26(23,24)19-14-10-17(3)11-15-19/h8-15,20H,4-7H2,1-3H3. The molecule has 0 saturated heterocycles. The minimum atomic E-state index is -4.00. The Morgan fingerprint density at radius 1 is 0.692 bits per heavy atom. The zero-order valence-corrected chi connectivity index (χ0v) is 17.1. The average molecular weight is 395 g/mol. The molecule has 0 aromatic heterocycles. The summed E-state index contributed by atoms with van der Waals surface area (Å²) >= 11 is 0. The summed E-state index contributed by atoms with van der Waals surface area (Å²) < 4.78 is 51.1. The predicted molar refractivity (Wildman–Crippen MR) is 105 cm³/mol. The highest BCUT2D eigenvalue weighted by Gasteiger charge is 2.39. The van der Waals surface area contributed by atoms with Crippen LogP contribution >= 0.6 is 0 Å². The summed E-state index contributed by atoms with van der Waals surface area (Å²) in [5.74, 6) is 0. The van der Waals surface area contributed by atoms with E-state index in [0.717, 1.165) is 24.0 Å². The Bertz CT molecular complexity index is 851. The van der Waals surface area contributed by atoms with Crippen molar-refractivity contribution in [3.63, 3.8) is 0 Å². The van der Waals surface area contributed by atoms with Crippen LogP contribution in [0.2, 0.25) is 0 Å². The van der Waals surface area contributed by atoms with E-state index in [0.29, 0.717) is 6.42 Å². The van der Waals surface area contributed by atoms with Crippen molar-refractivity contribution < 1.29 is 16.8 Å². The zero-order chi connectivity index (χ0) is 19.4. The molecule has 2 aromatic carbocycles. The Labute approximate surface area is 157 Å². The summed E-state index contributed by atoms with van der Waals surface area (Å²) in [5, 5.41) is 0. The Morgan fingerprint density at radius 2 is 1.08 bits per heavy atom. The lowest BCUT2D eigenvalue weighted by molar-refractivity contribution is 0.561. The van der Waals surface area contributed by atoms with Crippen LogP contribution in [0.15, 0.2) is 58.3 Å². The van der Waals surface area contributed by atoms with Gasteiger partial charge in [0.1, 0.15) is 0 Å². The fraction of sp³-hybridized carbons (Fsp3) is 0.400. The van der Waals surface area contributed by atoms with E-state index < -0.39 is 24.3 Å². The molecule has 0 N–H and O–H groups in total. The summed E-state index contributed by atoms with van der Waals surface area (Å²) in [6, 6.07) is 12.7. The third-order valence-electron chi connectivity index (χ3n) is 4.43. The highest BCUT2D eigenvalue weighted by molar-refractivity contribution is 8.09. The largest absolute Gasteiger partial charge is 0.222 e. The quantitative estimate of drug-likeness (QED) is 0.620. The molecular formula is C20H26O4S2. The second-order valence-corrected chi connectivity index (χ2v) is 11.2. The number of benzene rings is 2. The molecule has 4 nitrogen and oxygen atoms in total. The Morgan fingerprint density at radius 3 is 1.42 bits per heavy atom. The predicted octanol–water partition coefficient (Wildman–Crippen LogP) is 4.46. The van der Waals surface area contributed by atoms with Gasteiger partial charge in [-0.05, 0) is 44.5 Å². The van der Waals surface area contributed by atoms with Gasteiger partial charge in [0.15, 0.2) is 24.3 Å². The molecule has 2 aromatic rings. The minimum Gasteiger partial charge on any atom is -0.222 e. The number of sulfone groups is 2. The third kappa shape index (κ3) is 4.54. The zero-order valence-electron chi connectivity index (χ0n) is 15.5. The van der Waals surface area contributed by atoms with Crippen LogP contribution in [-0.2, 0) is 19.7 Å². The van der Waals surface area contributed by atoms with Gasteiger partial charge in [-0.2, -0.15) is 0 Å². The molecule has 142 valence electrons. The van der Waals surface area contributed by atoms with E-state index >= 15 is 0 Å². The summed E-state index contributed by atoms with van der Waals surface area (Å²) in [5.41, 5.74) is 1.85. The van der Waals surface area contributed by atoms with Crippen LogP contribution in [0.1, 0.15) is 43.7 Å². The van der Waals surface area contributed by atoms with E-state index in [2.05, 4.69) is 0 Å². The van der Waals surface area contributed by atoms with Crippen molar-refractivity contribution in [2.24, 2.45) is 0 Å². The summed E-state index contributed by atoms with van der Waals surface area (Å²) in [7, 11) is -8.00. The van der Waals surface area contributed by atoms with Crippen molar-refractivity contribution in [3.05, 3.63) is 59.7 Å². The van der Waals surface area contributed by atoms with E-state index in [9.17, 15) is 16.8 Å². The van der Waals surface area contributed by atoms with Gasteiger partial charge in [-0.3, -0.25) is 0 Å². The minimum absolute atomic E-state index is 0.0558. The number of hydrogen-bond donors (Lipinski definition) is 0. The summed E-state index contributed by atoms with van der Waals surface area (Å²) in [6.07, 6.45) is 2.34. The first kappa shape index (κ1) is 20.6. The third-order valence-corrected chi connectivity index (χ3v) is 9.67. The van der Waals surface area contributed by atoms with Gasteiger partial charge < -0.3 is 0 Å². The van der Waals surface area contributed by atoms with Crippen LogP contribution in [0, 0.1) is 13.8 Å². The number of unbranched alkanes of at least 4 members (excludes halogenated alkanes) is 2. The molecule has 26 heavy (non-hydrogen) atoms. The van der Waals surface area contributed by atoms with Crippen molar-refractivity contribution in [1.82, 2.24) is 0 Å². The Kier molecular flexibility index (Phi) is 6.64. The molecule has 0 spiro atoms. The number of aryl methyl sites for hydroxylation is 2. The van der Waals surface area contributed by atoms with E-state index in [1.54, 1.807) is 24.3 Å². The van der Waals surface area contributed by atoms with Gasteiger partial charge in [0.2, 0.25) is 0 Å². The summed E-state index contributed by atoms with van der Waals surface area (Å²) in [6.45, 7) is 5.72. The second kappa shape index (κ2) is 8.35. The van der Waals surface area contributed by atoms with E-state index in [1.165, 1.54) is 24.3 Å². The topological polar surface area (TPSA) is 68.3 Å². The first-order valence-corrected chi connectivity index (χ1v) is 11.9. The molecule has 2 rings (SSSR count). The molecule has 0 unspecified atom stereocenters. The fourth-order valence-electron chi connectivity index (χ4n) is 2.80. The maximum atomic E-state index is 13.1. The molecule has 0 bridgehead atoms. The van der Waals surface area contributed by atoms with E-state index in [-0.39, 0.29) is 16.2 Å². The maximum absolute atomic E-state index is 13.1. The molecule has 0 aliphatic carbocycles. The van der Waals surface area contributed by atoms with Crippen LogP contribution in [0.25, 0.3) is 0 Å². The SMILES string of the molecule is CCCCCC(S(=O)(=O)c1ccc(C)cc1)S(=O)(=O)c1ccc(C)cc1. The molecule has 0 heterocycles. The lowest BCUT2D eigenvalue weighted by Crippen LogP contribution is -2.31. The Balaban J connectivity index is 2.51. The fourth-order valence-corrected chi connectivity index (χ4v) is 7.39. The van der Waals surface area contributed by atoms with Crippen molar-refractivity contribution in [3.8, 4) is 0 Å². The Hall–Kier alpha value is -1.66. The van der Waals surface area contributed by atoms with E-state index in [4.69, 9.17) is 0 Å². The molecule has 0 amide bonds. The highest BCUT2D eigenvalue weighted by Crippen LogP contribution is 2.29. The first-order chi connectivity index (χ1) is 12.2. The average Bonchev–Trinajstić information content (AvgIpc) is 2.59. The molecular weight excluding hydrogens is 368 g/mol. The van der Waals surface area contributed by atoms with Crippen molar-refractivity contribution in [1.29, 1.82) is 0 Å². The van der Waals surface area contributed by atoms with Gasteiger partial charge >= 0.3 is 0 Å². The number of hydrogen-bond acceptors (Lipinski definition) is 4. The van der Waals surface area contributed by atoms with Crippen LogP contribution in [-0.4, -0.2) is 21.4 Å². The molecule has 6 heteroatoms. The van der Waals surface area contributed by atoms with Crippen LogP contribution < -0.4 is 0 Å². The van der Waals surface area contributed by atoms with Crippen molar-refractivity contribution >= 4 is 19.7 Å². The lowest BCUT2D eigenvalue weighted by atomic mass is 10.2. The smallest absolute Gasteiger partial charge is 0.195 e. The molecule has 0 atom stereocenters. The number of rotatable bonds is 8. The molecule has 0 aliphatic heterocycles. The lowest BCUT2D eigenvalue weighted by Gasteiger charge is -2.19. The van der Waals surface area contributed by atoms with Crippen LogP contribution in [0.5, 0.6) is 0 Å². The molecule has 0 fully saturated rings.